The summed E-state index contributed by atoms with van der Waals surface area (Å²) in [5.41, 5.74) is 1.53. The molecule has 0 bridgehead atoms. The van der Waals surface area contributed by atoms with E-state index < -0.39 is 0 Å². The van der Waals surface area contributed by atoms with Crippen LogP contribution in [0.15, 0.2) is 18.2 Å². The van der Waals surface area contributed by atoms with Crippen molar-refractivity contribution in [1.82, 2.24) is 5.32 Å². The van der Waals surface area contributed by atoms with Crippen LogP contribution >= 0.6 is 0 Å². The third-order valence-electron chi connectivity index (χ3n) is 3.28. The fourth-order valence-electron chi connectivity index (χ4n) is 2.03. The van der Waals surface area contributed by atoms with Crippen LogP contribution < -0.4 is 10.2 Å². The summed E-state index contributed by atoms with van der Waals surface area (Å²) in [6, 6.07) is 5.49. The SMILES string of the molecule is CCNC(C)c1ccc(N(C)CCC(C)O)c(F)c1. The maximum atomic E-state index is 14.1. The zero-order valence-corrected chi connectivity index (χ0v) is 12.3. The van der Waals surface area contributed by atoms with Gasteiger partial charge < -0.3 is 15.3 Å². The molecule has 0 fully saturated rings. The average Bonchev–Trinajstić information content (AvgIpc) is 2.36. The predicted molar refractivity (Wildman–Crippen MR) is 78.1 cm³/mol. The minimum absolute atomic E-state index is 0.149. The van der Waals surface area contributed by atoms with Crippen LogP contribution in [-0.4, -0.2) is 31.3 Å². The zero-order valence-electron chi connectivity index (χ0n) is 12.3. The molecule has 2 atom stereocenters. The lowest BCUT2D eigenvalue weighted by atomic mass is 10.1. The van der Waals surface area contributed by atoms with E-state index in [0.29, 0.717) is 18.7 Å². The van der Waals surface area contributed by atoms with Gasteiger partial charge in [0.05, 0.1) is 11.8 Å². The third-order valence-corrected chi connectivity index (χ3v) is 3.28. The van der Waals surface area contributed by atoms with Crippen molar-refractivity contribution in [2.24, 2.45) is 0 Å². The first kappa shape index (κ1) is 15.9. The molecule has 0 aliphatic heterocycles. The maximum absolute atomic E-state index is 14.1. The summed E-state index contributed by atoms with van der Waals surface area (Å²) in [5, 5.41) is 12.5. The molecule has 0 spiro atoms. The minimum atomic E-state index is -0.362. The van der Waals surface area contributed by atoms with E-state index in [-0.39, 0.29) is 18.0 Å². The zero-order chi connectivity index (χ0) is 14.4. The van der Waals surface area contributed by atoms with Crippen LogP contribution in [0.1, 0.15) is 38.8 Å². The largest absolute Gasteiger partial charge is 0.393 e. The van der Waals surface area contributed by atoms with Crippen molar-refractivity contribution in [3.63, 3.8) is 0 Å². The lowest BCUT2D eigenvalue weighted by Gasteiger charge is -2.22. The second kappa shape index (κ2) is 7.46. The number of nitrogens with one attached hydrogen (secondary N) is 1. The number of hydrogen-bond donors (Lipinski definition) is 2. The Bertz CT molecular complexity index is 396. The molecule has 1 aromatic rings. The van der Waals surface area contributed by atoms with Crippen LogP contribution in [0.2, 0.25) is 0 Å². The Balaban J connectivity index is 2.76. The lowest BCUT2D eigenvalue weighted by molar-refractivity contribution is 0.187. The van der Waals surface area contributed by atoms with Gasteiger partial charge in [0.1, 0.15) is 5.82 Å². The van der Waals surface area contributed by atoms with Crippen molar-refractivity contribution in [2.45, 2.75) is 39.3 Å². The van der Waals surface area contributed by atoms with Crippen LogP contribution in [-0.2, 0) is 0 Å². The molecule has 0 aromatic heterocycles. The molecular weight excluding hydrogens is 243 g/mol. The normalized spacial score (nSPS) is 14.2. The summed E-state index contributed by atoms with van der Waals surface area (Å²) in [6.07, 6.45) is 0.268. The van der Waals surface area contributed by atoms with Crippen LogP contribution in [0.4, 0.5) is 10.1 Å². The van der Waals surface area contributed by atoms with Crippen molar-refractivity contribution in [2.75, 3.05) is 25.0 Å². The molecule has 4 heteroatoms. The molecule has 108 valence electrons. The Morgan fingerprint density at radius 1 is 1.37 bits per heavy atom. The van der Waals surface area contributed by atoms with Crippen molar-refractivity contribution >= 4 is 5.69 Å². The quantitative estimate of drug-likeness (QED) is 0.798. The Morgan fingerprint density at radius 3 is 2.58 bits per heavy atom. The molecule has 0 radical (unpaired) electrons. The molecule has 0 saturated carbocycles. The van der Waals surface area contributed by atoms with Gasteiger partial charge in [0.25, 0.3) is 0 Å². The van der Waals surface area contributed by atoms with Crippen LogP contribution in [0, 0.1) is 5.82 Å². The molecule has 0 amide bonds. The van der Waals surface area contributed by atoms with E-state index in [4.69, 9.17) is 0 Å². The van der Waals surface area contributed by atoms with Gasteiger partial charge in [0, 0.05) is 19.6 Å². The molecule has 3 nitrogen and oxygen atoms in total. The van der Waals surface area contributed by atoms with Gasteiger partial charge >= 0.3 is 0 Å². The van der Waals surface area contributed by atoms with E-state index in [1.807, 2.05) is 31.9 Å². The molecule has 1 aromatic carbocycles. The van der Waals surface area contributed by atoms with Gasteiger partial charge in [-0.05, 0) is 44.5 Å². The van der Waals surface area contributed by atoms with Gasteiger partial charge in [0.15, 0.2) is 0 Å². The molecular formula is C15H25FN2O. The average molecular weight is 268 g/mol. The highest BCUT2D eigenvalue weighted by molar-refractivity contribution is 5.48. The Hall–Kier alpha value is -1.13. The summed E-state index contributed by atoms with van der Waals surface area (Å²) < 4.78 is 14.1. The monoisotopic (exact) mass is 268 g/mol. The summed E-state index contributed by atoms with van der Waals surface area (Å²) in [7, 11) is 1.84. The number of benzene rings is 1. The van der Waals surface area contributed by atoms with E-state index in [2.05, 4.69) is 5.32 Å². The van der Waals surface area contributed by atoms with Crippen LogP contribution in [0.25, 0.3) is 0 Å². The number of aliphatic hydroxyl groups excluding tert-OH is 1. The third kappa shape index (κ3) is 4.80. The summed E-state index contributed by atoms with van der Waals surface area (Å²) in [4.78, 5) is 1.84. The van der Waals surface area contributed by atoms with E-state index >= 15 is 0 Å². The fourth-order valence-corrected chi connectivity index (χ4v) is 2.03. The second-order valence-electron chi connectivity index (χ2n) is 5.05. The van der Waals surface area contributed by atoms with Crippen LogP contribution in [0.5, 0.6) is 0 Å². The molecule has 0 aliphatic carbocycles. The molecule has 0 aliphatic rings. The molecule has 2 N–H and O–H groups in total. The number of nitrogens with zero attached hydrogens (tertiary/aromatic N) is 1. The second-order valence-corrected chi connectivity index (χ2v) is 5.05. The number of halogens is 1. The number of rotatable bonds is 7. The predicted octanol–water partition coefficient (Wildman–Crippen LogP) is 2.70. The molecule has 0 saturated heterocycles. The van der Waals surface area contributed by atoms with Crippen molar-refractivity contribution < 1.29 is 9.50 Å². The minimum Gasteiger partial charge on any atom is -0.393 e. The van der Waals surface area contributed by atoms with E-state index in [9.17, 15) is 9.50 Å². The van der Waals surface area contributed by atoms with Crippen molar-refractivity contribution in [1.29, 1.82) is 0 Å². The van der Waals surface area contributed by atoms with Gasteiger partial charge in [-0.25, -0.2) is 4.39 Å². The van der Waals surface area contributed by atoms with Gasteiger partial charge in [-0.2, -0.15) is 0 Å². The number of hydrogen-bond acceptors (Lipinski definition) is 3. The topological polar surface area (TPSA) is 35.5 Å². The fraction of sp³-hybridized carbons (Fsp3) is 0.600. The van der Waals surface area contributed by atoms with Gasteiger partial charge in [0.2, 0.25) is 0 Å². The van der Waals surface area contributed by atoms with Gasteiger partial charge in [-0.3, -0.25) is 0 Å². The Kier molecular flexibility index (Phi) is 6.25. The van der Waals surface area contributed by atoms with E-state index in [1.54, 1.807) is 19.1 Å². The van der Waals surface area contributed by atoms with Crippen molar-refractivity contribution in [3.05, 3.63) is 29.6 Å². The van der Waals surface area contributed by atoms with Gasteiger partial charge in [-0.1, -0.05) is 13.0 Å². The lowest BCUT2D eigenvalue weighted by Crippen LogP contribution is -2.23. The first-order valence-corrected chi connectivity index (χ1v) is 6.87. The summed E-state index contributed by atoms with van der Waals surface area (Å²) in [6.45, 7) is 7.29. The van der Waals surface area contributed by atoms with E-state index in [1.165, 1.54) is 0 Å². The standard InChI is InChI=1S/C15H25FN2O/c1-5-17-12(3)13-6-7-15(14(16)10-13)18(4)9-8-11(2)19/h6-7,10-12,17,19H,5,8-9H2,1-4H3. The Morgan fingerprint density at radius 2 is 2.05 bits per heavy atom. The highest BCUT2D eigenvalue weighted by Crippen LogP contribution is 2.23. The highest BCUT2D eigenvalue weighted by Gasteiger charge is 2.11. The first-order valence-electron chi connectivity index (χ1n) is 6.87. The van der Waals surface area contributed by atoms with Crippen molar-refractivity contribution in [3.8, 4) is 0 Å². The smallest absolute Gasteiger partial charge is 0.146 e. The number of anilines is 1. The summed E-state index contributed by atoms with van der Waals surface area (Å²) >= 11 is 0. The first-order chi connectivity index (χ1) is 8.95. The van der Waals surface area contributed by atoms with Gasteiger partial charge in [-0.15, -0.1) is 0 Å². The van der Waals surface area contributed by atoms with Crippen LogP contribution in [0.3, 0.4) is 0 Å². The molecule has 2 unspecified atom stereocenters. The summed E-state index contributed by atoms with van der Waals surface area (Å²) in [5.74, 6) is -0.213. The highest BCUT2D eigenvalue weighted by atomic mass is 19.1. The number of aliphatic hydroxyl groups is 1. The van der Waals surface area contributed by atoms with E-state index in [0.717, 1.165) is 12.1 Å². The molecule has 19 heavy (non-hydrogen) atoms. The molecule has 1 rings (SSSR count). The maximum Gasteiger partial charge on any atom is 0.146 e. The Labute approximate surface area is 115 Å². The molecule has 0 heterocycles.